The average Bonchev–Trinajstić information content (AvgIpc) is 3.37. The average molecular weight is 563 g/mol. The lowest BCUT2D eigenvalue weighted by Crippen LogP contribution is -2.33. The number of rotatable bonds is 5. The number of thiazole rings is 1. The van der Waals surface area contributed by atoms with Crippen LogP contribution in [0.2, 0.25) is 0 Å². The maximum Gasteiger partial charge on any atom is 0.308 e. The number of phenols is 1. The maximum absolute atomic E-state index is 13.7. The van der Waals surface area contributed by atoms with Crippen LogP contribution in [0.1, 0.15) is 16.4 Å². The summed E-state index contributed by atoms with van der Waals surface area (Å²) in [5.41, 5.74) is 1.38. The second kappa shape index (κ2) is 9.79. The van der Waals surface area contributed by atoms with Gasteiger partial charge in [-0.05, 0) is 60.2 Å². The summed E-state index contributed by atoms with van der Waals surface area (Å²) in [4.78, 5) is 58.8. The van der Waals surface area contributed by atoms with Crippen molar-refractivity contribution in [2.45, 2.75) is 22.7 Å². The molecule has 196 valence electrons. The molecule has 0 bridgehead atoms. The maximum atomic E-state index is 13.7. The van der Waals surface area contributed by atoms with E-state index in [-0.39, 0.29) is 18.0 Å². The fourth-order valence-corrected chi connectivity index (χ4v) is 7.68. The minimum Gasteiger partial charge on any atom is -0.508 e. The molecule has 1 saturated heterocycles. The SMILES string of the molecule is O=C(Cn1c2c(sc1=O)C(c1cccnc1)C1C(=O)N(c3ccc(F)cc3)C(=O)C1S2)Nc1ccc(O)cc1. The third-order valence-electron chi connectivity index (χ3n) is 6.63. The van der Waals surface area contributed by atoms with Gasteiger partial charge in [0.15, 0.2) is 0 Å². The lowest BCUT2D eigenvalue weighted by molar-refractivity contribution is -0.122. The van der Waals surface area contributed by atoms with Crippen molar-refractivity contribution in [3.05, 3.63) is 99.0 Å². The van der Waals surface area contributed by atoms with E-state index >= 15 is 0 Å². The molecule has 39 heavy (non-hydrogen) atoms. The number of nitrogens with one attached hydrogen (secondary N) is 1. The van der Waals surface area contributed by atoms with E-state index < -0.39 is 45.5 Å². The Kier molecular flexibility index (Phi) is 6.28. The van der Waals surface area contributed by atoms with Crippen molar-refractivity contribution in [1.29, 1.82) is 0 Å². The highest BCUT2D eigenvalue weighted by Crippen LogP contribution is 2.53. The van der Waals surface area contributed by atoms with Crippen LogP contribution in [0.5, 0.6) is 5.75 Å². The third-order valence-corrected chi connectivity index (χ3v) is 9.23. The summed E-state index contributed by atoms with van der Waals surface area (Å²) >= 11 is 2.03. The summed E-state index contributed by atoms with van der Waals surface area (Å²) in [5.74, 6) is -3.28. The number of carbonyl (C=O) groups is 3. The minimum absolute atomic E-state index is 0.0500. The summed E-state index contributed by atoms with van der Waals surface area (Å²) in [6, 6.07) is 14.6. The van der Waals surface area contributed by atoms with Gasteiger partial charge in [-0.25, -0.2) is 9.29 Å². The first kappa shape index (κ1) is 25.0. The number of anilines is 2. The fraction of sp³-hybridized carbons (Fsp3) is 0.148. The summed E-state index contributed by atoms with van der Waals surface area (Å²) in [7, 11) is 0. The Morgan fingerprint density at radius 2 is 1.77 bits per heavy atom. The summed E-state index contributed by atoms with van der Waals surface area (Å²) in [6.45, 7) is -0.306. The molecule has 0 aliphatic carbocycles. The molecule has 3 unspecified atom stereocenters. The minimum atomic E-state index is -0.860. The number of amides is 3. The zero-order valence-corrected chi connectivity index (χ0v) is 21.6. The van der Waals surface area contributed by atoms with Gasteiger partial charge in [-0.2, -0.15) is 0 Å². The molecule has 2 aliphatic rings. The van der Waals surface area contributed by atoms with E-state index in [4.69, 9.17) is 0 Å². The van der Waals surface area contributed by atoms with Crippen LogP contribution in [0.4, 0.5) is 15.8 Å². The van der Waals surface area contributed by atoms with Gasteiger partial charge < -0.3 is 10.4 Å². The summed E-state index contributed by atoms with van der Waals surface area (Å²) in [6.07, 6.45) is 3.19. The number of fused-ring (bicyclic) bond motifs is 2. The number of hydrogen-bond donors (Lipinski definition) is 2. The topological polar surface area (TPSA) is 122 Å². The number of phenolic OH excluding ortho intramolecular Hbond substituents is 1. The molecule has 2 N–H and O–H groups in total. The van der Waals surface area contributed by atoms with Gasteiger partial charge >= 0.3 is 4.87 Å². The van der Waals surface area contributed by atoms with Crippen LogP contribution >= 0.6 is 23.1 Å². The summed E-state index contributed by atoms with van der Waals surface area (Å²) in [5, 5.41) is 11.8. The highest BCUT2D eigenvalue weighted by Gasteiger charge is 2.56. The van der Waals surface area contributed by atoms with E-state index in [9.17, 15) is 28.7 Å². The number of aromatic nitrogens is 2. The molecule has 3 amide bonds. The van der Waals surface area contributed by atoms with Crippen LogP contribution in [-0.4, -0.2) is 37.6 Å². The molecule has 0 saturated carbocycles. The van der Waals surface area contributed by atoms with Gasteiger partial charge in [-0.15, -0.1) is 0 Å². The quantitative estimate of drug-likeness (QED) is 0.282. The zero-order chi connectivity index (χ0) is 27.3. The third kappa shape index (κ3) is 4.41. The van der Waals surface area contributed by atoms with Gasteiger partial charge in [-0.3, -0.25) is 28.7 Å². The van der Waals surface area contributed by atoms with E-state index in [1.165, 1.54) is 53.1 Å². The highest BCUT2D eigenvalue weighted by atomic mass is 32.2. The second-order valence-corrected chi connectivity index (χ2v) is 11.2. The van der Waals surface area contributed by atoms with Crippen LogP contribution in [0.15, 0.2) is 82.9 Å². The predicted molar refractivity (Wildman–Crippen MR) is 143 cm³/mol. The molecule has 4 heterocycles. The Bertz CT molecular complexity index is 1650. The Labute approximate surface area is 228 Å². The lowest BCUT2D eigenvalue weighted by Gasteiger charge is -2.30. The largest absolute Gasteiger partial charge is 0.508 e. The predicted octanol–water partition coefficient (Wildman–Crippen LogP) is 3.58. The van der Waals surface area contributed by atoms with E-state index in [0.717, 1.165) is 28.0 Å². The van der Waals surface area contributed by atoms with E-state index in [2.05, 4.69) is 10.3 Å². The van der Waals surface area contributed by atoms with Crippen molar-refractivity contribution in [3.63, 3.8) is 0 Å². The Balaban J connectivity index is 1.39. The fourth-order valence-electron chi connectivity index (χ4n) is 4.91. The molecule has 12 heteroatoms. The molecule has 2 aliphatic heterocycles. The molecule has 4 aromatic rings. The molecule has 1 fully saturated rings. The standard InChI is InChI=1S/C27H19FN4O5S2/c28-15-3-7-17(8-4-15)32-24(35)21-20(14-2-1-11-29-12-14)23-26(38-22(21)25(32)36)31(27(37)39-23)13-19(34)30-16-5-9-18(33)10-6-16/h1-12,20-22,33H,13H2,(H,30,34). The van der Waals surface area contributed by atoms with Crippen molar-refractivity contribution in [1.82, 2.24) is 9.55 Å². The number of nitrogens with zero attached hydrogens (tertiary/aromatic N) is 3. The number of halogens is 1. The first-order valence-corrected chi connectivity index (χ1v) is 13.5. The van der Waals surface area contributed by atoms with E-state index in [1.54, 1.807) is 24.5 Å². The molecule has 0 radical (unpaired) electrons. The van der Waals surface area contributed by atoms with Gasteiger partial charge in [0.25, 0.3) is 0 Å². The van der Waals surface area contributed by atoms with Crippen molar-refractivity contribution >= 4 is 52.2 Å². The Morgan fingerprint density at radius 3 is 2.46 bits per heavy atom. The van der Waals surface area contributed by atoms with Crippen LogP contribution < -0.4 is 15.1 Å². The van der Waals surface area contributed by atoms with Crippen LogP contribution in [0.25, 0.3) is 0 Å². The van der Waals surface area contributed by atoms with Gasteiger partial charge in [0, 0.05) is 28.9 Å². The second-order valence-electron chi connectivity index (χ2n) is 9.04. The number of imide groups is 1. The Morgan fingerprint density at radius 1 is 1.03 bits per heavy atom. The molecule has 0 spiro atoms. The van der Waals surface area contributed by atoms with Crippen molar-refractivity contribution < 1.29 is 23.9 Å². The smallest absolute Gasteiger partial charge is 0.308 e. The van der Waals surface area contributed by atoms with Gasteiger partial charge in [0.05, 0.1) is 16.6 Å². The van der Waals surface area contributed by atoms with Crippen molar-refractivity contribution in [2.75, 3.05) is 10.2 Å². The molecule has 2 aromatic carbocycles. The number of pyridine rings is 1. The van der Waals surface area contributed by atoms with Crippen LogP contribution in [0, 0.1) is 11.7 Å². The number of carbonyl (C=O) groups excluding carboxylic acids is 3. The number of aromatic hydroxyl groups is 1. The normalized spacial score (nSPS) is 20.0. The molecule has 2 aromatic heterocycles. The first-order valence-electron chi connectivity index (χ1n) is 11.8. The van der Waals surface area contributed by atoms with E-state index in [0.29, 0.717) is 21.2 Å². The molecular weight excluding hydrogens is 543 g/mol. The first-order chi connectivity index (χ1) is 18.8. The molecule has 6 rings (SSSR count). The summed E-state index contributed by atoms with van der Waals surface area (Å²) < 4.78 is 14.9. The molecule has 3 atom stereocenters. The monoisotopic (exact) mass is 562 g/mol. The van der Waals surface area contributed by atoms with Crippen molar-refractivity contribution in [2.24, 2.45) is 5.92 Å². The van der Waals surface area contributed by atoms with Gasteiger partial charge in [-0.1, -0.05) is 29.2 Å². The highest BCUT2D eigenvalue weighted by molar-refractivity contribution is 8.00. The number of thioether (sulfide) groups is 1. The van der Waals surface area contributed by atoms with E-state index in [1.807, 2.05) is 0 Å². The van der Waals surface area contributed by atoms with Gasteiger partial charge in [0.2, 0.25) is 17.7 Å². The number of hydrogen-bond acceptors (Lipinski definition) is 8. The van der Waals surface area contributed by atoms with Crippen LogP contribution in [0.3, 0.4) is 0 Å². The zero-order valence-electron chi connectivity index (χ0n) is 20.0. The molecular formula is C27H19FN4O5S2. The molecule has 9 nitrogen and oxygen atoms in total. The van der Waals surface area contributed by atoms with Gasteiger partial charge in [0.1, 0.15) is 23.4 Å². The lowest BCUT2D eigenvalue weighted by atomic mass is 9.84. The number of benzene rings is 2. The van der Waals surface area contributed by atoms with Crippen molar-refractivity contribution in [3.8, 4) is 5.75 Å². The Hall–Kier alpha value is -4.29. The van der Waals surface area contributed by atoms with Crippen LogP contribution in [-0.2, 0) is 20.9 Å².